The first kappa shape index (κ1) is 36.6. The molecule has 13 heteroatoms. The lowest BCUT2D eigenvalue weighted by Gasteiger charge is -2.45. The molecular weight excluding hydrogens is 670 g/mol. The molecule has 282 valence electrons. The van der Waals surface area contributed by atoms with E-state index in [-0.39, 0.29) is 23.6 Å². The lowest BCUT2D eigenvalue weighted by atomic mass is 9.71. The summed E-state index contributed by atoms with van der Waals surface area (Å²) in [7, 11) is 0. The number of rotatable bonds is 8. The third kappa shape index (κ3) is 7.82. The number of hydrogen-bond acceptors (Lipinski definition) is 10. The zero-order chi connectivity index (χ0) is 37.5. The standard InChI is InChI=1S/C40H53N9O4/c1-7-20-48-35(50)31-26-41-36(44-34(31)49(48)33-10-8-9-32(43-33)39(5,6)52)42-28-11-13-29(14-12-28)45-22-24-46(25-23-45)30-15-17-40(18-16-30)19-21-47(27-40)37(51)53-38(2,3)4/h7-14,26,30,52H,1,15-25,27H2,2-6H3,(H,41,42,44). The van der Waals surface area contributed by atoms with Crippen LogP contribution in [0.4, 0.5) is 22.1 Å². The molecule has 1 saturated carbocycles. The molecule has 4 aromatic rings. The van der Waals surface area contributed by atoms with Crippen LogP contribution < -0.4 is 15.8 Å². The summed E-state index contributed by atoms with van der Waals surface area (Å²) in [5.74, 6) is 0.812. The van der Waals surface area contributed by atoms with Crippen LogP contribution in [-0.2, 0) is 16.9 Å². The summed E-state index contributed by atoms with van der Waals surface area (Å²) in [4.78, 5) is 47.0. The van der Waals surface area contributed by atoms with Crippen LogP contribution in [0.3, 0.4) is 0 Å². The van der Waals surface area contributed by atoms with Crippen LogP contribution in [0.1, 0.15) is 72.4 Å². The Morgan fingerprint density at radius 2 is 1.72 bits per heavy atom. The van der Waals surface area contributed by atoms with Crippen molar-refractivity contribution in [2.45, 2.75) is 90.5 Å². The molecule has 7 rings (SSSR count). The maximum Gasteiger partial charge on any atom is 0.410 e. The number of ether oxygens (including phenoxy) is 1. The molecule has 0 unspecified atom stereocenters. The largest absolute Gasteiger partial charge is 0.444 e. The quantitative estimate of drug-likeness (QED) is 0.214. The molecule has 0 bridgehead atoms. The molecule has 1 spiro atoms. The summed E-state index contributed by atoms with van der Waals surface area (Å²) in [6.07, 6.45) is 8.82. The number of fused-ring (bicyclic) bond motifs is 1. The Labute approximate surface area is 311 Å². The fourth-order valence-corrected chi connectivity index (χ4v) is 8.13. The van der Waals surface area contributed by atoms with Gasteiger partial charge in [0.25, 0.3) is 5.56 Å². The highest BCUT2D eigenvalue weighted by atomic mass is 16.6. The molecule has 5 heterocycles. The second-order valence-electron chi connectivity index (χ2n) is 16.4. The normalized spacial score (nSPS) is 21.4. The van der Waals surface area contributed by atoms with Gasteiger partial charge >= 0.3 is 6.09 Å². The number of nitrogens with zero attached hydrogens (tertiary/aromatic N) is 8. The minimum absolute atomic E-state index is 0.169. The average molecular weight is 724 g/mol. The van der Waals surface area contributed by atoms with Crippen LogP contribution in [0, 0.1) is 5.41 Å². The first-order valence-electron chi connectivity index (χ1n) is 18.9. The topological polar surface area (TPSA) is 134 Å². The molecule has 2 N–H and O–H groups in total. The molecule has 1 amide bonds. The molecule has 2 saturated heterocycles. The van der Waals surface area contributed by atoms with Gasteiger partial charge < -0.3 is 25.0 Å². The van der Waals surface area contributed by atoms with Crippen LogP contribution in [0.15, 0.2) is 66.1 Å². The van der Waals surface area contributed by atoms with Crippen molar-refractivity contribution in [3.63, 3.8) is 0 Å². The molecule has 1 aromatic carbocycles. The van der Waals surface area contributed by atoms with Gasteiger partial charge in [-0.25, -0.2) is 24.1 Å². The smallest absolute Gasteiger partial charge is 0.410 e. The van der Waals surface area contributed by atoms with E-state index < -0.39 is 11.2 Å². The number of carbonyl (C=O) groups is 1. The number of hydrogen-bond donors (Lipinski definition) is 2. The van der Waals surface area contributed by atoms with Crippen molar-refractivity contribution in [3.05, 3.63) is 77.4 Å². The summed E-state index contributed by atoms with van der Waals surface area (Å²) >= 11 is 0. The molecule has 0 radical (unpaired) electrons. The number of piperazine rings is 1. The van der Waals surface area contributed by atoms with Gasteiger partial charge in [0.1, 0.15) is 16.6 Å². The van der Waals surface area contributed by atoms with Gasteiger partial charge in [0.15, 0.2) is 11.5 Å². The van der Waals surface area contributed by atoms with Gasteiger partial charge in [0, 0.05) is 62.9 Å². The van der Waals surface area contributed by atoms with Gasteiger partial charge in [-0.15, -0.1) is 6.58 Å². The number of benzene rings is 1. The highest BCUT2D eigenvalue weighted by Gasteiger charge is 2.44. The molecule has 3 fully saturated rings. The number of anilines is 3. The number of carbonyl (C=O) groups excluding carboxylic acids is 1. The predicted molar refractivity (Wildman–Crippen MR) is 207 cm³/mol. The number of likely N-dealkylation sites (tertiary alicyclic amines) is 1. The Kier molecular flexibility index (Phi) is 9.83. The first-order chi connectivity index (χ1) is 25.2. The van der Waals surface area contributed by atoms with E-state index >= 15 is 0 Å². The van der Waals surface area contributed by atoms with Crippen molar-refractivity contribution in [1.29, 1.82) is 0 Å². The maximum atomic E-state index is 13.4. The van der Waals surface area contributed by atoms with Gasteiger partial charge in [0.2, 0.25) is 5.95 Å². The van der Waals surface area contributed by atoms with Crippen LogP contribution in [0.2, 0.25) is 0 Å². The molecule has 0 atom stereocenters. The first-order valence-corrected chi connectivity index (χ1v) is 18.9. The Morgan fingerprint density at radius 3 is 2.38 bits per heavy atom. The summed E-state index contributed by atoms with van der Waals surface area (Å²) in [5.41, 5.74) is 1.27. The Morgan fingerprint density at radius 1 is 1.00 bits per heavy atom. The summed E-state index contributed by atoms with van der Waals surface area (Å²) in [6, 6.07) is 14.3. The van der Waals surface area contributed by atoms with Crippen molar-refractivity contribution in [3.8, 4) is 5.82 Å². The second kappa shape index (κ2) is 14.2. The van der Waals surface area contributed by atoms with Gasteiger partial charge in [0.05, 0.1) is 12.2 Å². The molecule has 3 aromatic heterocycles. The second-order valence-corrected chi connectivity index (χ2v) is 16.4. The predicted octanol–water partition coefficient (Wildman–Crippen LogP) is 5.83. The fourth-order valence-electron chi connectivity index (χ4n) is 8.13. The van der Waals surface area contributed by atoms with E-state index in [1.807, 2.05) is 37.8 Å². The average Bonchev–Trinajstić information content (AvgIpc) is 3.66. The summed E-state index contributed by atoms with van der Waals surface area (Å²) in [5, 5.41) is 14.3. The van der Waals surface area contributed by atoms with Crippen molar-refractivity contribution < 1.29 is 14.6 Å². The monoisotopic (exact) mass is 723 g/mol. The number of pyridine rings is 1. The van der Waals surface area contributed by atoms with Gasteiger partial charge in [-0.2, -0.15) is 4.98 Å². The van der Waals surface area contributed by atoms with Crippen LogP contribution in [0.25, 0.3) is 16.9 Å². The van der Waals surface area contributed by atoms with Gasteiger partial charge in [-0.05, 0) is 109 Å². The molecule has 13 nitrogen and oxygen atoms in total. The van der Waals surface area contributed by atoms with E-state index in [9.17, 15) is 14.7 Å². The molecular formula is C40H53N9O4. The Bertz CT molecular complexity index is 2010. The van der Waals surface area contributed by atoms with E-state index in [2.05, 4.69) is 43.8 Å². The fraction of sp³-hybridized carbons (Fsp3) is 0.525. The number of amides is 1. The van der Waals surface area contributed by atoms with E-state index in [1.165, 1.54) is 42.2 Å². The summed E-state index contributed by atoms with van der Waals surface area (Å²) in [6.45, 7) is 18.9. The van der Waals surface area contributed by atoms with Crippen molar-refractivity contribution >= 4 is 34.4 Å². The third-order valence-electron chi connectivity index (χ3n) is 11.0. The van der Waals surface area contributed by atoms with Crippen molar-refractivity contribution in [2.24, 2.45) is 5.41 Å². The number of aliphatic hydroxyl groups is 1. The van der Waals surface area contributed by atoms with E-state index in [0.29, 0.717) is 34.5 Å². The minimum atomic E-state index is -1.16. The number of nitrogens with one attached hydrogen (secondary N) is 1. The van der Waals surface area contributed by atoms with Crippen LogP contribution >= 0.6 is 0 Å². The van der Waals surface area contributed by atoms with Crippen LogP contribution in [0.5, 0.6) is 0 Å². The third-order valence-corrected chi connectivity index (χ3v) is 11.0. The van der Waals surface area contributed by atoms with Gasteiger partial charge in [-0.1, -0.05) is 12.1 Å². The van der Waals surface area contributed by atoms with Crippen LogP contribution in [-0.4, -0.2) is 96.2 Å². The summed E-state index contributed by atoms with van der Waals surface area (Å²) < 4.78 is 8.82. The maximum absolute atomic E-state index is 13.4. The number of aromatic nitrogens is 5. The van der Waals surface area contributed by atoms with Crippen molar-refractivity contribution in [1.82, 2.24) is 34.1 Å². The Hall–Kier alpha value is -4.75. The molecule has 3 aliphatic rings. The van der Waals surface area contributed by atoms with Gasteiger partial charge in [-0.3, -0.25) is 9.69 Å². The lowest BCUT2D eigenvalue weighted by molar-refractivity contribution is 0.0245. The zero-order valence-corrected chi connectivity index (χ0v) is 31.7. The van der Waals surface area contributed by atoms with Crippen molar-refractivity contribution in [2.75, 3.05) is 49.5 Å². The molecule has 53 heavy (non-hydrogen) atoms. The Balaban J connectivity index is 0.967. The lowest BCUT2D eigenvalue weighted by Crippen LogP contribution is -2.52. The van der Waals surface area contributed by atoms with E-state index in [0.717, 1.165) is 51.4 Å². The highest BCUT2D eigenvalue weighted by molar-refractivity contribution is 5.77. The van der Waals surface area contributed by atoms with E-state index in [4.69, 9.17) is 9.72 Å². The number of allylic oxidation sites excluding steroid dienone is 1. The molecule has 2 aliphatic heterocycles. The minimum Gasteiger partial charge on any atom is -0.444 e. The highest BCUT2D eigenvalue weighted by Crippen LogP contribution is 2.45. The van der Waals surface area contributed by atoms with E-state index in [1.54, 1.807) is 42.8 Å². The SMILES string of the molecule is C=CCn1c(=O)c2cnc(Nc3ccc(N4CCN(C5CCC6(CC5)CCN(C(=O)OC(C)(C)C)C6)CC4)cc3)nc2n1-c1cccc(C(C)(C)O)n1. The molecule has 1 aliphatic carbocycles. The zero-order valence-electron chi connectivity index (χ0n) is 31.7.